The smallest absolute Gasteiger partial charge is 0.0318 e. The lowest BCUT2D eigenvalue weighted by Gasteiger charge is -2.13. The normalized spacial score (nSPS) is 25.1. The maximum absolute atomic E-state index is 3.93. The highest BCUT2D eigenvalue weighted by Crippen LogP contribution is 2.12. The molecule has 1 rings (SSSR count). The van der Waals surface area contributed by atoms with Gasteiger partial charge in [-0.25, -0.2) is 0 Å². The molecule has 0 amide bonds. The van der Waals surface area contributed by atoms with Gasteiger partial charge in [0.25, 0.3) is 0 Å². The minimum Gasteiger partial charge on any atom is -0.286 e. The van der Waals surface area contributed by atoms with Gasteiger partial charge in [-0.05, 0) is 18.9 Å². The molecule has 0 saturated heterocycles. The van der Waals surface area contributed by atoms with Gasteiger partial charge in [-0.2, -0.15) is 5.10 Å². The van der Waals surface area contributed by atoms with Gasteiger partial charge in [0.1, 0.15) is 0 Å². The SMILES string of the molecule is CCC1C=NNC=C1C. The van der Waals surface area contributed by atoms with E-state index in [1.165, 1.54) is 5.57 Å². The minimum absolute atomic E-state index is 0.561. The zero-order valence-electron chi connectivity index (χ0n) is 5.89. The minimum atomic E-state index is 0.561. The van der Waals surface area contributed by atoms with Gasteiger partial charge in [-0.3, -0.25) is 5.43 Å². The lowest BCUT2D eigenvalue weighted by Crippen LogP contribution is -2.12. The Hall–Kier alpha value is -0.790. The predicted molar refractivity (Wildman–Crippen MR) is 39.2 cm³/mol. The highest BCUT2D eigenvalue weighted by molar-refractivity contribution is 5.65. The van der Waals surface area contributed by atoms with Crippen LogP contribution in [0.4, 0.5) is 0 Å². The van der Waals surface area contributed by atoms with Crippen molar-refractivity contribution in [3.8, 4) is 0 Å². The topological polar surface area (TPSA) is 24.4 Å². The lowest BCUT2D eigenvalue weighted by molar-refractivity contribution is 0.734. The number of rotatable bonds is 1. The average molecular weight is 124 g/mol. The van der Waals surface area contributed by atoms with Gasteiger partial charge < -0.3 is 0 Å². The van der Waals surface area contributed by atoms with Crippen molar-refractivity contribution in [2.45, 2.75) is 20.3 Å². The summed E-state index contributed by atoms with van der Waals surface area (Å²) in [5.74, 6) is 0.561. The third-order valence-corrected chi connectivity index (χ3v) is 1.65. The Morgan fingerprint density at radius 2 is 2.56 bits per heavy atom. The molecule has 1 N–H and O–H groups in total. The van der Waals surface area contributed by atoms with Crippen molar-refractivity contribution in [1.29, 1.82) is 0 Å². The van der Waals surface area contributed by atoms with E-state index < -0.39 is 0 Å². The molecule has 9 heavy (non-hydrogen) atoms. The molecule has 1 unspecified atom stereocenters. The summed E-state index contributed by atoms with van der Waals surface area (Å²) >= 11 is 0. The fourth-order valence-corrected chi connectivity index (χ4v) is 0.924. The van der Waals surface area contributed by atoms with E-state index >= 15 is 0 Å². The summed E-state index contributed by atoms with van der Waals surface area (Å²) < 4.78 is 0. The van der Waals surface area contributed by atoms with Crippen LogP contribution in [0.15, 0.2) is 16.9 Å². The third-order valence-electron chi connectivity index (χ3n) is 1.65. The second-order valence-electron chi connectivity index (χ2n) is 2.31. The number of hydrazone groups is 1. The number of hydrogen-bond acceptors (Lipinski definition) is 2. The largest absolute Gasteiger partial charge is 0.286 e. The highest BCUT2D eigenvalue weighted by atomic mass is 15.3. The van der Waals surface area contributed by atoms with Gasteiger partial charge in [-0.1, -0.05) is 6.92 Å². The fraction of sp³-hybridized carbons (Fsp3) is 0.571. The second kappa shape index (κ2) is 2.67. The Bertz CT molecular complexity index is 147. The number of nitrogens with one attached hydrogen (secondary N) is 1. The average Bonchev–Trinajstić information content (AvgIpc) is 1.89. The second-order valence-corrected chi connectivity index (χ2v) is 2.31. The molecular weight excluding hydrogens is 112 g/mol. The zero-order chi connectivity index (χ0) is 6.69. The maximum atomic E-state index is 3.93. The van der Waals surface area contributed by atoms with E-state index in [-0.39, 0.29) is 0 Å². The quantitative estimate of drug-likeness (QED) is 0.563. The number of nitrogens with zero attached hydrogens (tertiary/aromatic N) is 1. The molecule has 0 spiro atoms. The molecule has 1 aliphatic rings. The van der Waals surface area contributed by atoms with Crippen molar-refractivity contribution in [1.82, 2.24) is 5.43 Å². The van der Waals surface area contributed by atoms with Crippen LogP contribution in [0, 0.1) is 5.92 Å². The summed E-state index contributed by atoms with van der Waals surface area (Å²) in [7, 11) is 0. The van der Waals surface area contributed by atoms with E-state index in [9.17, 15) is 0 Å². The van der Waals surface area contributed by atoms with E-state index in [4.69, 9.17) is 0 Å². The first-order valence-electron chi connectivity index (χ1n) is 3.30. The van der Waals surface area contributed by atoms with Crippen molar-refractivity contribution in [3.05, 3.63) is 11.8 Å². The van der Waals surface area contributed by atoms with Gasteiger partial charge in [0.05, 0.1) is 0 Å². The molecule has 0 aromatic heterocycles. The molecule has 0 bridgehead atoms. The van der Waals surface area contributed by atoms with Crippen LogP contribution in [0.5, 0.6) is 0 Å². The molecule has 0 aromatic rings. The molecule has 1 atom stereocenters. The van der Waals surface area contributed by atoms with Crippen molar-refractivity contribution in [3.63, 3.8) is 0 Å². The van der Waals surface area contributed by atoms with Crippen LogP contribution >= 0.6 is 0 Å². The molecular formula is C7H12N2. The Kier molecular flexibility index (Phi) is 1.88. The van der Waals surface area contributed by atoms with Crippen LogP contribution in [0.2, 0.25) is 0 Å². The monoisotopic (exact) mass is 124 g/mol. The van der Waals surface area contributed by atoms with Crippen molar-refractivity contribution >= 4 is 6.21 Å². The molecule has 1 aliphatic heterocycles. The highest BCUT2D eigenvalue weighted by Gasteiger charge is 2.06. The van der Waals surface area contributed by atoms with Gasteiger partial charge in [0.15, 0.2) is 0 Å². The molecule has 0 fully saturated rings. The lowest BCUT2D eigenvalue weighted by atomic mass is 10.00. The summed E-state index contributed by atoms with van der Waals surface area (Å²) in [6.45, 7) is 4.28. The summed E-state index contributed by atoms with van der Waals surface area (Å²) in [5, 5.41) is 3.93. The first-order chi connectivity index (χ1) is 4.34. The standard InChI is InChI=1S/C7H12N2/c1-3-7-5-9-8-4-6(7)2/h4-5,7-8H,3H2,1-2H3. The molecule has 50 valence electrons. The summed E-state index contributed by atoms with van der Waals surface area (Å²) in [5.41, 5.74) is 4.17. The van der Waals surface area contributed by atoms with Crippen molar-refractivity contribution < 1.29 is 0 Å². The Morgan fingerprint density at radius 1 is 1.78 bits per heavy atom. The molecule has 0 aromatic carbocycles. The van der Waals surface area contributed by atoms with Crippen LogP contribution in [-0.2, 0) is 0 Å². The van der Waals surface area contributed by atoms with E-state index in [0.29, 0.717) is 5.92 Å². The van der Waals surface area contributed by atoms with Crippen LogP contribution in [-0.4, -0.2) is 6.21 Å². The number of hydrogen-bond donors (Lipinski definition) is 1. The Labute approximate surface area is 55.6 Å². The molecule has 2 nitrogen and oxygen atoms in total. The molecule has 1 heterocycles. The molecule has 0 saturated carbocycles. The summed E-state index contributed by atoms with van der Waals surface area (Å²) in [6.07, 6.45) is 5.05. The van der Waals surface area contributed by atoms with Gasteiger partial charge in [-0.15, -0.1) is 0 Å². The summed E-state index contributed by atoms with van der Waals surface area (Å²) in [4.78, 5) is 0. The Balaban J connectivity index is 2.59. The number of allylic oxidation sites excluding steroid dienone is 1. The van der Waals surface area contributed by atoms with Crippen LogP contribution in [0.1, 0.15) is 20.3 Å². The molecule has 0 aliphatic carbocycles. The third kappa shape index (κ3) is 1.31. The van der Waals surface area contributed by atoms with E-state index in [0.717, 1.165) is 6.42 Å². The van der Waals surface area contributed by atoms with E-state index in [1.807, 2.05) is 12.4 Å². The van der Waals surface area contributed by atoms with Crippen molar-refractivity contribution in [2.75, 3.05) is 0 Å². The summed E-state index contributed by atoms with van der Waals surface area (Å²) in [6, 6.07) is 0. The van der Waals surface area contributed by atoms with Crippen LogP contribution < -0.4 is 5.43 Å². The van der Waals surface area contributed by atoms with Crippen molar-refractivity contribution in [2.24, 2.45) is 11.0 Å². The fourth-order valence-electron chi connectivity index (χ4n) is 0.924. The molecule has 2 heteroatoms. The Morgan fingerprint density at radius 3 is 3.00 bits per heavy atom. The first-order valence-corrected chi connectivity index (χ1v) is 3.30. The maximum Gasteiger partial charge on any atom is 0.0318 e. The van der Waals surface area contributed by atoms with Crippen LogP contribution in [0.3, 0.4) is 0 Å². The molecule has 0 radical (unpaired) electrons. The van der Waals surface area contributed by atoms with Gasteiger partial charge in [0, 0.05) is 18.3 Å². The van der Waals surface area contributed by atoms with Gasteiger partial charge in [0.2, 0.25) is 0 Å². The first kappa shape index (κ1) is 6.33. The van der Waals surface area contributed by atoms with Crippen LogP contribution in [0.25, 0.3) is 0 Å². The van der Waals surface area contributed by atoms with E-state index in [1.54, 1.807) is 0 Å². The zero-order valence-corrected chi connectivity index (χ0v) is 5.89. The predicted octanol–water partition coefficient (Wildman–Crippen LogP) is 1.51. The van der Waals surface area contributed by atoms with E-state index in [2.05, 4.69) is 24.4 Å². The van der Waals surface area contributed by atoms with Gasteiger partial charge >= 0.3 is 0 Å².